The fourth-order valence-corrected chi connectivity index (χ4v) is 4.77. The van der Waals surface area contributed by atoms with E-state index in [0.29, 0.717) is 21.7 Å². The Morgan fingerprint density at radius 1 is 0.850 bits per heavy atom. The van der Waals surface area contributed by atoms with Gasteiger partial charge >= 0.3 is 11.7 Å². The number of aromatic carboxylic acids is 1. The average molecular weight is 553 g/mol. The van der Waals surface area contributed by atoms with Crippen molar-refractivity contribution >= 4 is 28.5 Å². The fourth-order valence-electron chi connectivity index (χ4n) is 4.61. The number of carboxylic acid groups (broad SMARTS) is 1. The maximum Gasteiger partial charge on any atom is 0.335 e. The van der Waals surface area contributed by atoms with Crippen LogP contribution in [0.1, 0.15) is 27.5 Å². The van der Waals surface area contributed by atoms with Crippen molar-refractivity contribution in [2.45, 2.75) is 12.6 Å². The number of fused-ring (bicyclic) bond motifs is 1. The largest absolute Gasteiger partial charge is 0.490 e. The first-order valence-corrected chi connectivity index (χ1v) is 13.0. The Morgan fingerprint density at radius 3 is 2.08 bits per heavy atom. The molecule has 0 fully saturated rings. The van der Waals surface area contributed by atoms with Gasteiger partial charge in [0.05, 0.1) is 22.5 Å². The van der Waals surface area contributed by atoms with E-state index in [1.54, 1.807) is 47.1 Å². The first-order valence-electron chi connectivity index (χ1n) is 12.6. The summed E-state index contributed by atoms with van der Waals surface area (Å²) in [6, 6.07) is 29.8. The second-order valence-corrected chi connectivity index (χ2v) is 9.50. The number of hydrogen-bond donors (Lipinski definition) is 1. The highest BCUT2D eigenvalue weighted by Gasteiger charge is 2.23. The van der Waals surface area contributed by atoms with Gasteiger partial charge in [0, 0.05) is 11.6 Å². The molecule has 8 heteroatoms. The van der Waals surface area contributed by atoms with Gasteiger partial charge in [0.25, 0.3) is 5.56 Å². The van der Waals surface area contributed by atoms with Crippen LogP contribution in [0, 0.1) is 0 Å². The van der Waals surface area contributed by atoms with Gasteiger partial charge in [-0.1, -0.05) is 78.3 Å². The van der Waals surface area contributed by atoms with E-state index in [0.717, 1.165) is 11.1 Å². The molecule has 1 aromatic heterocycles. The third-order valence-corrected chi connectivity index (χ3v) is 6.76. The van der Waals surface area contributed by atoms with Gasteiger partial charge < -0.3 is 9.84 Å². The molecule has 0 amide bonds. The maximum absolute atomic E-state index is 14.0. The predicted octanol–water partition coefficient (Wildman–Crippen LogP) is 5.79. The summed E-state index contributed by atoms with van der Waals surface area (Å²) in [5.74, 6) is -0.507. The molecule has 0 atom stereocenters. The number of nitrogens with zero attached hydrogens (tertiary/aromatic N) is 2. The lowest BCUT2D eigenvalue weighted by atomic mass is 9.98. The summed E-state index contributed by atoms with van der Waals surface area (Å²) in [5, 5.41) is 9.83. The quantitative estimate of drug-likeness (QED) is 0.234. The summed E-state index contributed by atoms with van der Waals surface area (Å²) in [6.07, 6.45) is 3.40. The number of rotatable bonds is 9. The van der Waals surface area contributed by atoms with Gasteiger partial charge in [0.2, 0.25) is 0 Å². The van der Waals surface area contributed by atoms with Crippen molar-refractivity contribution in [2.75, 3.05) is 6.61 Å². The van der Waals surface area contributed by atoms with Crippen LogP contribution in [-0.2, 0) is 6.54 Å². The van der Waals surface area contributed by atoms with Crippen molar-refractivity contribution in [3.8, 4) is 5.75 Å². The highest BCUT2D eigenvalue weighted by Crippen LogP contribution is 2.29. The predicted molar refractivity (Wildman–Crippen MR) is 156 cm³/mol. The van der Waals surface area contributed by atoms with E-state index in [1.165, 1.54) is 16.7 Å². The highest BCUT2D eigenvalue weighted by atomic mass is 35.5. The van der Waals surface area contributed by atoms with Crippen LogP contribution in [0.15, 0.2) is 125 Å². The molecule has 0 radical (unpaired) electrons. The molecule has 5 aromatic rings. The zero-order valence-electron chi connectivity index (χ0n) is 21.3. The van der Waals surface area contributed by atoms with Gasteiger partial charge in [-0.25, -0.2) is 9.59 Å². The monoisotopic (exact) mass is 552 g/mol. The number of carbonyl (C=O) groups is 1. The van der Waals surface area contributed by atoms with Crippen molar-refractivity contribution in [2.24, 2.45) is 0 Å². The van der Waals surface area contributed by atoms with Crippen molar-refractivity contribution in [3.63, 3.8) is 0 Å². The lowest BCUT2D eigenvalue weighted by molar-refractivity contribution is 0.0697. The topological polar surface area (TPSA) is 90.5 Å². The molecule has 4 aromatic carbocycles. The number of allylic oxidation sites excluding steroid dienone is 1. The van der Waals surface area contributed by atoms with Crippen molar-refractivity contribution in [3.05, 3.63) is 158 Å². The van der Waals surface area contributed by atoms with Crippen LogP contribution in [-0.4, -0.2) is 26.8 Å². The van der Waals surface area contributed by atoms with Crippen molar-refractivity contribution in [1.29, 1.82) is 0 Å². The van der Waals surface area contributed by atoms with Gasteiger partial charge in [0.15, 0.2) is 0 Å². The molecule has 1 heterocycles. The summed E-state index contributed by atoms with van der Waals surface area (Å²) < 4.78 is 8.46. The number of hydrogen-bond acceptors (Lipinski definition) is 4. The summed E-state index contributed by atoms with van der Waals surface area (Å²) in [7, 11) is 0. The molecule has 0 aliphatic carbocycles. The second kappa shape index (κ2) is 11.9. The SMILES string of the molecule is O=C(O)c1ccc(OC/C=C\Cn2c(=O)c3ccc(Cl)cc3n(C(c3ccccc3)c3ccccc3)c2=O)cc1. The molecular weight excluding hydrogens is 528 g/mol. The summed E-state index contributed by atoms with van der Waals surface area (Å²) in [5.41, 5.74) is 1.52. The Morgan fingerprint density at radius 2 is 1.48 bits per heavy atom. The Kier molecular flexibility index (Phi) is 7.94. The minimum atomic E-state index is -1.01. The first-order chi connectivity index (χ1) is 19.4. The molecule has 0 aliphatic rings. The molecule has 0 bridgehead atoms. The second-order valence-electron chi connectivity index (χ2n) is 9.07. The van der Waals surface area contributed by atoms with E-state index in [1.807, 2.05) is 60.7 Å². The molecule has 0 saturated heterocycles. The van der Waals surface area contributed by atoms with Crippen LogP contribution in [0.3, 0.4) is 0 Å². The van der Waals surface area contributed by atoms with Gasteiger partial charge in [-0.3, -0.25) is 13.9 Å². The van der Waals surface area contributed by atoms with E-state index in [2.05, 4.69) is 0 Å². The molecule has 0 aliphatic heterocycles. The van der Waals surface area contributed by atoms with E-state index in [-0.39, 0.29) is 18.7 Å². The first kappa shape index (κ1) is 26.7. The van der Waals surface area contributed by atoms with Gasteiger partial charge in [-0.05, 0) is 59.7 Å². The standard InChI is InChI=1S/C32H25ClN2O5/c33-25-15-18-27-28(21-25)35(29(22-9-3-1-4-10-22)23-11-5-2-6-12-23)32(39)34(30(27)36)19-7-8-20-40-26-16-13-24(14-17-26)31(37)38/h1-18,21,29H,19-20H2,(H,37,38)/b8-7-. The normalized spacial score (nSPS) is 11.3. The van der Waals surface area contributed by atoms with Gasteiger partial charge in [0.1, 0.15) is 12.4 Å². The minimum Gasteiger partial charge on any atom is -0.490 e. The van der Waals surface area contributed by atoms with E-state index >= 15 is 0 Å². The molecule has 200 valence electrons. The number of carboxylic acids is 1. The Balaban J connectivity index is 1.53. The third kappa shape index (κ3) is 5.60. The van der Waals surface area contributed by atoms with Gasteiger partial charge in [-0.15, -0.1) is 0 Å². The van der Waals surface area contributed by atoms with Crippen LogP contribution in [0.2, 0.25) is 5.02 Å². The summed E-state index contributed by atoms with van der Waals surface area (Å²) in [6.45, 7) is 0.211. The smallest absolute Gasteiger partial charge is 0.335 e. The Labute approximate surface area is 234 Å². The minimum absolute atomic E-state index is 0.0356. The number of halogens is 1. The lowest BCUT2D eigenvalue weighted by Crippen LogP contribution is -2.41. The van der Waals surface area contributed by atoms with Crippen LogP contribution in [0.4, 0.5) is 0 Å². The average Bonchev–Trinajstić information content (AvgIpc) is 2.97. The zero-order chi connectivity index (χ0) is 28.1. The molecule has 5 rings (SSSR count). The number of aromatic nitrogens is 2. The molecule has 0 unspecified atom stereocenters. The fraction of sp³-hybridized carbons (Fsp3) is 0.0938. The number of benzene rings is 4. The lowest BCUT2D eigenvalue weighted by Gasteiger charge is -2.24. The molecule has 1 N–H and O–H groups in total. The molecule has 40 heavy (non-hydrogen) atoms. The van der Waals surface area contributed by atoms with Gasteiger partial charge in [-0.2, -0.15) is 0 Å². The Hall–Kier alpha value is -4.88. The van der Waals surface area contributed by atoms with E-state index in [9.17, 15) is 14.4 Å². The van der Waals surface area contributed by atoms with Crippen LogP contribution < -0.4 is 16.0 Å². The molecular formula is C32H25ClN2O5. The molecule has 7 nitrogen and oxygen atoms in total. The summed E-state index contributed by atoms with van der Waals surface area (Å²) >= 11 is 6.35. The third-order valence-electron chi connectivity index (χ3n) is 6.52. The summed E-state index contributed by atoms with van der Waals surface area (Å²) in [4.78, 5) is 38.5. The van der Waals surface area contributed by atoms with Crippen LogP contribution in [0.25, 0.3) is 10.9 Å². The molecule has 0 spiro atoms. The Bertz CT molecular complexity index is 1750. The van der Waals surface area contributed by atoms with E-state index < -0.39 is 23.3 Å². The highest BCUT2D eigenvalue weighted by molar-refractivity contribution is 6.31. The molecule has 0 saturated carbocycles. The van der Waals surface area contributed by atoms with E-state index in [4.69, 9.17) is 21.4 Å². The van der Waals surface area contributed by atoms with Crippen molar-refractivity contribution in [1.82, 2.24) is 9.13 Å². The number of ether oxygens (including phenoxy) is 1. The van der Waals surface area contributed by atoms with Crippen molar-refractivity contribution < 1.29 is 14.6 Å². The van der Waals surface area contributed by atoms with Crippen LogP contribution in [0.5, 0.6) is 5.75 Å². The zero-order valence-corrected chi connectivity index (χ0v) is 22.1. The maximum atomic E-state index is 14.0. The van der Waals surface area contributed by atoms with Crippen LogP contribution >= 0.6 is 11.6 Å².